The van der Waals surface area contributed by atoms with Crippen molar-refractivity contribution in [2.45, 2.75) is 12.5 Å². The number of anilines is 1. The minimum Gasteiger partial charge on any atom is -0.506 e. The van der Waals surface area contributed by atoms with Crippen LogP contribution in [-0.2, 0) is 4.79 Å². The second-order valence-corrected chi connectivity index (χ2v) is 3.58. The number of hydrogen-bond acceptors (Lipinski definition) is 5. The monoisotopic (exact) mass is 251 g/mol. The van der Waals surface area contributed by atoms with Crippen LogP contribution in [0.25, 0.3) is 0 Å². The van der Waals surface area contributed by atoms with Gasteiger partial charge in [0, 0.05) is 12.1 Å². The smallest absolute Gasteiger partial charge is 0.271 e. The van der Waals surface area contributed by atoms with Crippen molar-refractivity contribution in [1.82, 2.24) is 0 Å². The predicted molar refractivity (Wildman–Crippen MR) is 66.2 cm³/mol. The minimum absolute atomic E-state index is 0.0475. The summed E-state index contributed by atoms with van der Waals surface area (Å²) in [6, 6.07) is 2.51. The van der Waals surface area contributed by atoms with E-state index < -0.39 is 16.9 Å². The number of phenols is 1. The molecule has 0 bridgehead atoms. The first-order valence-corrected chi connectivity index (χ1v) is 5.10. The average Bonchev–Trinajstić information content (AvgIpc) is 2.31. The highest BCUT2D eigenvalue weighted by Gasteiger charge is 2.16. The Morgan fingerprint density at radius 2 is 2.33 bits per heavy atom. The number of carbonyl (C=O) groups excluding carboxylic acids is 1. The summed E-state index contributed by atoms with van der Waals surface area (Å²) < 4.78 is 0. The summed E-state index contributed by atoms with van der Waals surface area (Å²) in [4.78, 5) is 21.5. The van der Waals surface area contributed by atoms with Crippen LogP contribution >= 0.6 is 0 Å². The third kappa shape index (κ3) is 3.29. The maximum atomic E-state index is 11.6. The van der Waals surface area contributed by atoms with Crippen molar-refractivity contribution in [3.05, 3.63) is 41.0 Å². The molecule has 1 aromatic rings. The van der Waals surface area contributed by atoms with E-state index in [1.165, 1.54) is 6.08 Å². The van der Waals surface area contributed by atoms with Gasteiger partial charge in [0.05, 0.1) is 16.7 Å². The SMILES string of the molecule is C=CCC(N)C(=O)Nc1cc([N+](=O)[O-])ccc1O. The summed E-state index contributed by atoms with van der Waals surface area (Å²) in [7, 11) is 0. The summed E-state index contributed by atoms with van der Waals surface area (Å²) in [5, 5.41) is 22.4. The molecule has 1 unspecified atom stereocenters. The van der Waals surface area contributed by atoms with E-state index in [2.05, 4.69) is 11.9 Å². The molecule has 0 aliphatic carbocycles. The molecule has 7 heteroatoms. The van der Waals surface area contributed by atoms with Crippen LogP contribution in [0.4, 0.5) is 11.4 Å². The second kappa shape index (κ2) is 5.78. The van der Waals surface area contributed by atoms with Crippen LogP contribution < -0.4 is 11.1 Å². The number of rotatable bonds is 5. The quantitative estimate of drug-likeness (QED) is 0.314. The molecule has 1 aromatic carbocycles. The van der Waals surface area contributed by atoms with Crippen molar-refractivity contribution < 1.29 is 14.8 Å². The molecule has 1 amide bonds. The van der Waals surface area contributed by atoms with Crippen molar-refractivity contribution in [2.75, 3.05) is 5.32 Å². The number of carbonyl (C=O) groups is 1. The van der Waals surface area contributed by atoms with Gasteiger partial charge in [-0.05, 0) is 12.5 Å². The first-order valence-electron chi connectivity index (χ1n) is 5.10. The lowest BCUT2D eigenvalue weighted by atomic mass is 10.2. The first-order chi connectivity index (χ1) is 8.45. The number of nitrogens with zero attached hydrogens (tertiary/aromatic N) is 1. The van der Waals surface area contributed by atoms with Crippen LogP contribution in [0.15, 0.2) is 30.9 Å². The van der Waals surface area contributed by atoms with Gasteiger partial charge in [0.15, 0.2) is 0 Å². The lowest BCUT2D eigenvalue weighted by Gasteiger charge is -2.11. The molecule has 0 radical (unpaired) electrons. The number of nitro benzene ring substituents is 1. The highest BCUT2D eigenvalue weighted by atomic mass is 16.6. The van der Waals surface area contributed by atoms with E-state index in [0.29, 0.717) is 0 Å². The molecule has 0 saturated heterocycles. The first kappa shape index (κ1) is 13.7. The number of non-ortho nitro benzene ring substituents is 1. The number of nitrogens with one attached hydrogen (secondary N) is 1. The largest absolute Gasteiger partial charge is 0.506 e. The normalized spacial score (nSPS) is 11.6. The summed E-state index contributed by atoms with van der Waals surface area (Å²) in [5.74, 6) is -0.814. The van der Waals surface area contributed by atoms with Crippen molar-refractivity contribution in [1.29, 1.82) is 0 Å². The van der Waals surface area contributed by atoms with Gasteiger partial charge in [-0.2, -0.15) is 0 Å². The number of phenolic OH excluding ortho intramolecular Hbond substituents is 1. The van der Waals surface area contributed by atoms with Gasteiger partial charge in [-0.15, -0.1) is 6.58 Å². The van der Waals surface area contributed by atoms with Gasteiger partial charge < -0.3 is 16.2 Å². The van der Waals surface area contributed by atoms with Crippen molar-refractivity contribution >= 4 is 17.3 Å². The Balaban J connectivity index is 2.89. The fraction of sp³-hybridized carbons (Fsp3) is 0.182. The number of aromatic hydroxyl groups is 1. The van der Waals surface area contributed by atoms with Crippen molar-refractivity contribution in [2.24, 2.45) is 5.73 Å². The van der Waals surface area contributed by atoms with Crippen molar-refractivity contribution in [3.8, 4) is 5.75 Å². The Hall–Kier alpha value is -2.41. The van der Waals surface area contributed by atoms with Crippen LogP contribution in [0.3, 0.4) is 0 Å². The molecule has 0 aromatic heterocycles. The summed E-state index contributed by atoms with van der Waals surface area (Å²) in [6.45, 7) is 3.45. The van der Waals surface area contributed by atoms with Gasteiger partial charge in [0.2, 0.25) is 5.91 Å². The molecule has 1 atom stereocenters. The predicted octanol–water partition coefficient (Wildman–Crippen LogP) is 1.14. The van der Waals surface area contributed by atoms with Gasteiger partial charge in [-0.1, -0.05) is 6.08 Å². The van der Waals surface area contributed by atoms with E-state index in [9.17, 15) is 20.0 Å². The lowest BCUT2D eigenvalue weighted by Crippen LogP contribution is -2.35. The van der Waals surface area contributed by atoms with E-state index in [-0.39, 0.29) is 23.5 Å². The van der Waals surface area contributed by atoms with Crippen molar-refractivity contribution in [3.63, 3.8) is 0 Å². The van der Waals surface area contributed by atoms with E-state index in [1.54, 1.807) is 0 Å². The highest BCUT2D eigenvalue weighted by Crippen LogP contribution is 2.27. The average molecular weight is 251 g/mol. The molecule has 4 N–H and O–H groups in total. The fourth-order valence-electron chi connectivity index (χ4n) is 1.25. The molecule has 0 spiro atoms. The third-order valence-electron chi connectivity index (χ3n) is 2.21. The molecule has 0 aliphatic rings. The standard InChI is InChI=1S/C11H13N3O4/c1-2-3-8(12)11(16)13-9-6-7(14(17)18)4-5-10(9)15/h2,4-6,8,15H,1,3,12H2,(H,13,16). The second-order valence-electron chi connectivity index (χ2n) is 3.58. The molecule has 18 heavy (non-hydrogen) atoms. The Morgan fingerprint density at radius 3 is 2.89 bits per heavy atom. The Morgan fingerprint density at radius 1 is 1.67 bits per heavy atom. The maximum Gasteiger partial charge on any atom is 0.271 e. The van der Waals surface area contributed by atoms with E-state index in [0.717, 1.165) is 18.2 Å². The molecular weight excluding hydrogens is 238 g/mol. The summed E-state index contributed by atoms with van der Waals surface area (Å²) in [6.07, 6.45) is 1.75. The number of nitrogens with two attached hydrogens (primary N) is 1. The highest BCUT2D eigenvalue weighted by molar-refractivity contribution is 5.96. The summed E-state index contributed by atoms with van der Waals surface area (Å²) in [5.41, 5.74) is 5.24. The zero-order chi connectivity index (χ0) is 13.7. The van der Waals surface area contributed by atoms with Gasteiger partial charge >= 0.3 is 0 Å². The molecule has 1 rings (SSSR count). The molecular formula is C11H13N3O4. The van der Waals surface area contributed by atoms with Gasteiger partial charge in [-0.25, -0.2) is 0 Å². The zero-order valence-corrected chi connectivity index (χ0v) is 9.50. The number of benzene rings is 1. The Kier molecular flexibility index (Phi) is 4.39. The number of amides is 1. The number of nitro groups is 1. The van der Waals surface area contributed by atoms with Crippen LogP contribution in [0.2, 0.25) is 0 Å². The topological polar surface area (TPSA) is 118 Å². The lowest BCUT2D eigenvalue weighted by molar-refractivity contribution is -0.384. The molecule has 0 saturated carbocycles. The third-order valence-corrected chi connectivity index (χ3v) is 2.21. The van der Waals surface area contributed by atoms with Gasteiger partial charge in [-0.3, -0.25) is 14.9 Å². The molecule has 0 heterocycles. The van der Waals surface area contributed by atoms with Crippen LogP contribution in [0.5, 0.6) is 5.75 Å². The zero-order valence-electron chi connectivity index (χ0n) is 9.50. The molecule has 0 aliphatic heterocycles. The van der Waals surface area contributed by atoms with Crippen LogP contribution in [0.1, 0.15) is 6.42 Å². The van der Waals surface area contributed by atoms with Crippen LogP contribution in [-0.4, -0.2) is 22.0 Å². The molecule has 0 fully saturated rings. The van der Waals surface area contributed by atoms with Crippen LogP contribution in [0, 0.1) is 10.1 Å². The fourth-order valence-corrected chi connectivity index (χ4v) is 1.25. The minimum atomic E-state index is -0.818. The Bertz CT molecular complexity index is 487. The van der Waals surface area contributed by atoms with Gasteiger partial charge in [0.1, 0.15) is 5.75 Å². The van der Waals surface area contributed by atoms with Gasteiger partial charge in [0.25, 0.3) is 5.69 Å². The maximum absolute atomic E-state index is 11.6. The van der Waals surface area contributed by atoms with E-state index in [1.807, 2.05) is 0 Å². The van der Waals surface area contributed by atoms with E-state index >= 15 is 0 Å². The number of hydrogen-bond donors (Lipinski definition) is 3. The Labute approximate surface area is 103 Å². The van der Waals surface area contributed by atoms with E-state index in [4.69, 9.17) is 5.73 Å². The summed E-state index contributed by atoms with van der Waals surface area (Å²) >= 11 is 0. The molecule has 96 valence electrons. The molecule has 7 nitrogen and oxygen atoms in total.